The van der Waals surface area contributed by atoms with Gasteiger partial charge in [0, 0.05) is 18.8 Å². The predicted octanol–water partition coefficient (Wildman–Crippen LogP) is 1.29. The van der Waals surface area contributed by atoms with Gasteiger partial charge in [0.2, 0.25) is 0 Å². The lowest BCUT2D eigenvalue weighted by molar-refractivity contribution is 0.581. The maximum atomic E-state index is 8.90. The third-order valence-electron chi connectivity index (χ3n) is 2.76. The van der Waals surface area contributed by atoms with Gasteiger partial charge >= 0.3 is 0 Å². The quantitative estimate of drug-likeness (QED) is 0.784. The molecule has 0 aromatic heterocycles. The molecular formula is C12H15N3. The first-order valence-electron chi connectivity index (χ1n) is 5.15. The number of hydrogen-bond acceptors (Lipinski definition) is 3. The number of fused-ring (bicyclic) bond motifs is 1. The fraction of sp³-hybridized carbons (Fsp3) is 0.417. The van der Waals surface area contributed by atoms with Gasteiger partial charge in [-0.3, -0.25) is 0 Å². The zero-order valence-electron chi connectivity index (χ0n) is 8.90. The summed E-state index contributed by atoms with van der Waals surface area (Å²) in [6, 6.07) is 10.4. The average Bonchev–Trinajstić information content (AvgIpc) is 2.62. The first kappa shape index (κ1) is 10.0. The fourth-order valence-electron chi connectivity index (χ4n) is 2.00. The molecule has 0 saturated carbocycles. The normalized spacial score (nSPS) is 18.1. The Morgan fingerprint density at radius 1 is 1.53 bits per heavy atom. The van der Waals surface area contributed by atoms with Crippen LogP contribution in [0.5, 0.6) is 0 Å². The highest BCUT2D eigenvalue weighted by molar-refractivity contribution is 5.58. The molecule has 1 unspecified atom stereocenters. The highest BCUT2D eigenvalue weighted by Gasteiger charge is 2.26. The van der Waals surface area contributed by atoms with Crippen molar-refractivity contribution in [2.24, 2.45) is 5.73 Å². The Morgan fingerprint density at radius 3 is 3.00 bits per heavy atom. The first-order valence-corrected chi connectivity index (χ1v) is 5.15. The van der Waals surface area contributed by atoms with Crippen LogP contribution in [0.3, 0.4) is 0 Å². The summed E-state index contributed by atoms with van der Waals surface area (Å²) in [7, 11) is 0. The van der Waals surface area contributed by atoms with Gasteiger partial charge in [-0.25, -0.2) is 0 Å². The Kier molecular flexibility index (Phi) is 2.37. The van der Waals surface area contributed by atoms with Gasteiger partial charge in [0.1, 0.15) is 5.54 Å². The van der Waals surface area contributed by atoms with E-state index in [4.69, 9.17) is 11.0 Å². The second-order valence-corrected chi connectivity index (χ2v) is 4.33. The van der Waals surface area contributed by atoms with Gasteiger partial charge < -0.3 is 10.6 Å². The van der Waals surface area contributed by atoms with Crippen LogP contribution >= 0.6 is 0 Å². The molecule has 0 amide bonds. The topological polar surface area (TPSA) is 53.1 Å². The molecule has 0 aliphatic carbocycles. The van der Waals surface area contributed by atoms with Crippen LogP contribution in [0.2, 0.25) is 0 Å². The molecule has 2 N–H and O–H groups in total. The van der Waals surface area contributed by atoms with Crippen molar-refractivity contribution >= 4 is 5.69 Å². The second-order valence-electron chi connectivity index (χ2n) is 4.33. The smallest absolute Gasteiger partial charge is 0.119 e. The molecule has 1 aromatic rings. The fourth-order valence-corrected chi connectivity index (χ4v) is 2.00. The summed E-state index contributed by atoms with van der Waals surface area (Å²) in [5.74, 6) is 0. The van der Waals surface area contributed by atoms with Crippen molar-refractivity contribution in [3.8, 4) is 6.07 Å². The maximum Gasteiger partial charge on any atom is 0.119 e. The van der Waals surface area contributed by atoms with E-state index in [1.165, 1.54) is 11.3 Å². The highest BCUT2D eigenvalue weighted by atomic mass is 15.2. The van der Waals surface area contributed by atoms with E-state index >= 15 is 0 Å². The van der Waals surface area contributed by atoms with Crippen molar-refractivity contribution in [3.05, 3.63) is 29.8 Å². The second kappa shape index (κ2) is 3.56. The van der Waals surface area contributed by atoms with E-state index in [1.807, 2.05) is 12.1 Å². The van der Waals surface area contributed by atoms with E-state index in [2.05, 4.69) is 23.1 Å². The van der Waals surface area contributed by atoms with Crippen molar-refractivity contribution in [3.63, 3.8) is 0 Å². The monoisotopic (exact) mass is 201 g/mol. The van der Waals surface area contributed by atoms with Gasteiger partial charge in [0.25, 0.3) is 0 Å². The predicted molar refractivity (Wildman–Crippen MR) is 60.6 cm³/mol. The number of nitrogens with two attached hydrogens (primary N) is 1. The van der Waals surface area contributed by atoms with Crippen molar-refractivity contribution in [2.75, 3.05) is 18.0 Å². The summed E-state index contributed by atoms with van der Waals surface area (Å²) in [5, 5.41) is 8.90. The van der Waals surface area contributed by atoms with Crippen LogP contribution < -0.4 is 10.6 Å². The molecule has 0 bridgehead atoms. The third-order valence-corrected chi connectivity index (χ3v) is 2.76. The van der Waals surface area contributed by atoms with E-state index in [9.17, 15) is 0 Å². The van der Waals surface area contributed by atoms with Crippen LogP contribution in [-0.4, -0.2) is 18.6 Å². The molecule has 1 atom stereocenters. The van der Waals surface area contributed by atoms with Crippen LogP contribution in [0.15, 0.2) is 24.3 Å². The van der Waals surface area contributed by atoms with Gasteiger partial charge in [0.15, 0.2) is 0 Å². The number of benzene rings is 1. The minimum Gasteiger partial charge on any atom is -0.368 e. The SMILES string of the molecule is CC(N)(C#N)CN1CCc2ccccc21. The molecule has 1 aromatic carbocycles. The molecule has 3 heteroatoms. The summed E-state index contributed by atoms with van der Waals surface area (Å²) in [5.41, 5.74) is 7.66. The Bertz CT molecular complexity index is 404. The summed E-state index contributed by atoms with van der Waals surface area (Å²) in [6.45, 7) is 3.34. The Hall–Kier alpha value is -1.53. The number of rotatable bonds is 2. The van der Waals surface area contributed by atoms with E-state index in [-0.39, 0.29) is 0 Å². The van der Waals surface area contributed by atoms with Gasteiger partial charge in [-0.15, -0.1) is 0 Å². The number of hydrogen-bond donors (Lipinski definition) is 1. The van der Waals surface area contributed by atoms with Crippen LogP contribution in [0.4, 0.5) is 5.69 Å². The molecule has 1 aliphatic heterocycles. The van der Waals surface area contributed by atoms with Crippen LogP contribution in [0, 0.1) is 11.3 Å². The van der Waals surface area contributed by atoms with Crippen LogP contribution in [-0.2, 0) is 6.42 Å². The van der Waals surface area contributed by atoms with Crippen LogP contribution in [0.1, 0.15) is 12.5 Å². The molecule has 0 radical (unpaired) electrons. The molecule has 1 heterocycles. The summed E-state index contributed by atoms with van der Waals surface area (Å²) in [6.07, 6.45) is 1.05. The van der Waals surface area contributed by atoms with Crippen molar-refractivity contribution in [2.45, 2.75) is 18.9 Å². The van der Waals surface area contributed by atoms with E-state index in [0.29, 0.717) is 6.54 Å². The van der Waals surface area contributed by atoms with E-state index in [0.717, 1.165) is 13.0 Å². The lowest BCUT2D eigenvalue weighted by Crippen LogP contribution is -2.46. The number of nitrogens with zero attached hydrogens (tertiary/aromatic N) is 2. The molecule has 15 heavy (non-hydrogen) atoms. The minimum atomic E-state index is -0.766. The van der Waals surface area contributed by atoms with E-state index < -0.39 is 5.54 Å². The molecule has 2 rings (SSSR count). The lowest BCUT2D eigenvalue weighted by Gasteiger charge is -2.26. The van der Waals surface area contributed by atoms with Gasteiger partial charge in [0.05, 0.1) is 6.07 Å². The molecule has 0 fully saturated rings. The van der Waals surface area contributed by atoms with Gasteiger partial charge in [-0.2, -0.15) is 5.26 Å². The zero-order valence-corrected chi connectivity index (χ0v) is 8.90. The van der Waals surface area contributed by atoms with Gasteiger partial charge in [-0.05, 0) is 25.0 Å². The maximum absolute atomic E-state index is 8.90. The van der Waals surface area contributed by atoms with Gasteiger partial charge in [-0.1, -0.05) is 18.2 Å². The standard InChI is InChI=1S/C12H15N3/c1-12(14,8-13)9-15-7-6-10-4-2-3-5-11(10)15/h2-5H,6-7,9,14H2,1H3. The lowest BCUT2D eigenvalue weighted by atomic mass is 10.1. The summed E-state index contributed by atoms with van der Waals surface area (Å²) < 4.78 is 0. The highest BCUT2D eigenvalue weighted by Crippen LogP contribution is 2.28. The molecule has 0 saturated heterocycles. The number of anilines is 1. The minimum absolute atomic E-state index is 0.598. The molecule has 1 aliphatic rings. The molecular weight excluding hydrogens is 186 g/mol. The summed E-state index contributed by atoms with van der Waals surface area (Å²) >= 11 is 0. The zero-order chi connectivity index (χ0) is 10.9. The first-order chi connectivity index (χ1) is 7.12. The number of nitriles is 1. The number of para-hydroxylation sites is 1. The molecule has 78 valence electrons. The molecule has 0 spiro atoms. The average molecular weight is 201 g/mol. The van der Waals surface area contributed by atoms with Crippen LogP contribution in [0.25, 0.3) is 0 Å². The summed E-state index contributed by atoms with van der Waals surface area (Å²) in [4.78, 5) is 2.19. The Morgan fingerprint density at radius 2 is 2.27 bits per heavy atom. The Balaban J connectivity index is 2.19. The largest absolute Gasteiger partial charge is 0.368 e. The van der Waals surface area contributed by atoms with Crippen molar-refractivity contribution in [1.82, 2.24) is 0 Å². The van der Waals surface area contributed by atoms with E-state index in [1.54, 1.807) is 6.92 Å². The van der Waals surface area contributed by atoms with Crippen molar-refractivity contribution in [1.29, 1.82) is 5.26 Å². The third kappa shape index (κ3) is 1.95. The molecule has 3 nitrogen and oxygen atoms in total. The Labute approximate surface area is 90.1 Å². The van der Waals surface area contributed by atoms with Crippen molar-refractivity contribution < 1.29 is 0 Å².